The maximum atomic E-state index is 12.5. The molecule has 0 fully saturated rings. The Morgan fingerprint density at radius 3 is 2.43 bits per heavy atom. The van der Waals surface area contributed by atoms with Crippen molar-refractivity contribution in [3.8, 4) is 0 Å². The molecule has 23 heavy (non-hydrogen) atoms. The van der Waals surface area contributed by atoms with Crippen molar-refractivity contribution in [2.45, 2.75) is 12.7 Å². The summed E-state index contributed by atoms with van der Waals surface area (Å²) in [4.78, 5) is 10.9. The number of carboxylic acids is 1. The largest absolute Gasteiger partial charge is 0.478 e. The van der Waals surface area contributed by atoms with Gasteiger partial charge in [-0.2, -0.15) is 18.3 Å². The Kier molecular flexibility index (Phi) is 3.55. The van der Waals surface area contributed by atoms with Gasteiger partial charge >= 0.3 is 12.1 Å². The molecule has 0 radical (unpaired) electrons. The highest BCUT2D eigenvalue weighted by Gasteiger charge is 2.29. The quantitative estimate of drug-likeness (QED) is 0.798. The van der Waals surface area contributed by atoms with Gasteiger partial charge in [0.05, 0.1) is 23.2 Å². The second kappa shape index (κ2) is 5.42. The average molecular weight is 320 g/mol. The van der Waals surface area contributed by atoms with Gasteiger partial charge in [-0.05, 0) is 29.8 Å². The van der Waals surface area contributed by atoms with Crippen LogP contribution in [-0.2, 0) is 12.7 Å². The van der Waals surface area contributed by atoms with E-state index in [1.807, 2.05) is 0 Å². The summed E-state index contributed by atoms with van der Waals surface area (Å²) < 4.78 is 39.1. The molecule has 3 aromatic rings. The summed E-state index contributed by atoms with van der Waals surface area (Å²) in [5, 5.41) is 14.0. The number of aromatic nitrogens is 2. The van der Waals surface area contributed by atoms with Crippen LogP contribution >= 0.6 is 0 Å². The van der Waals surface area contributed by atoms with Gasteiger partial charge in [0.1, 0.15) is 0 Å². The first kappa shape index (κ1) is 15.1. The van der Waals surface area contributed by atoms with Crippen LogP contribution in [0.1, 0.15) is 21.5 Å². The molecule has 1 N–H and O–H groups in total. The SMILES string of the molecule is O=C(O)c1ccc2cn(Cc3ccc(C(F)(F)F)cc3)nc2c1. The number of alkyl halides is 3. The molecule has 0 aliphatic heterocycles. The molecule has 0 unspecified atom stereocenters. The Morgan fingerprint density at radius 1 is 1.13 bits per heavy atom. The summed E-state index contributed by atoms with van der Waals surface area (Å²) in [5.74, 6) is -1.04. The number of halogens is 3. The smallest absolute Gasteiger partial charge is 0.416 e. The zero-order valence-corrected chi connectivity index (χ0v) is 11.7. The third-order valence-corrected chi connectivity index (χ3v) is 3.43. The summed E-state index contributed by atoms with van der Waals surface area (Å²) in [5.41, 5.74) is 0.635. The van der Waals surface area contributed by atoms with Crippen molar-refractivity contribution in [3.63, 3.8) is 0 Å². The van der Waals surface area contributed by atoms with Crippen LogP contribution in [0, 0.1) is 0 Å². The molecule has 4 nitrogen and oxygen atoms in total. The van der Waals surface area contributed by atoms with Crippen molar-refractivity contribution >= 4 is 16.9 Å². The monoisotopic (exact) mass is 320 g/mol. The molecule has 1 aromatic heterocycles. The van der Waals surface area contributed by atoms with Gasteiger partial charge in [0.15, 0.2) is 0 Å². The Labute approximate surface area is 128 Å². The lowest BCUT2D eigenvalue weighted by molar-refractivity contribution is -0.137. The minimum absolute atomic E-state index is 0.136. The molecule has 0 spiro atoms. The number of fused-ring (bicyclic) bond motifs is 1. The molecule has 0 atom stereocenters. The third kappa shape index (κ3) is 3.18. The molecule has 0 amide bonds. The summed E-state index contributed by atoms with van der Waals surface area (Å²) in [7, 11) is 0. The molecule has 0 aliphatic carbocycles. The zero-order valence-electron chi connectivity index (χ0n) is 11.7. The molecule has 0 aliphatic rings. The molecular weight excluding hydrogens is 309 g/mol. The number of carboxylic acid groups (broad SMARTS) is 1. The highest BCUT2D eigenvalue weighted by atomic mass is 19.4. The van der Waals surface area contributed by atoms with Crippen molar-refractivity contribution in [3.05, 3.63) is 65.4 Å². The van der Waals surface area contributed by atoms with Crippen LogP contribution in [0.4, 0.5) is 13.2 Å². The first-order valence-corrected chi connectivity index (χ1v) is 6.69. The van der Waals surface area contributed by atoms with Gasteiger partial charge in [-0.15, -0.1) is 0 Å². The van der Waals surface area contributed by atoms with Gasteiger partial charge in [-0.1, -0.05) is 18.2 Å². The number of benzene rings is 2. The third-order valence-electron chi connectivity index (χ3n) is 3.43. The number of nitrogens with zero attached hydrogens (tertiary/aromatic N) is 2. The summed E-state index contributed by atoms with van der Waals surface area (Å²) in [6.07, 6.45) is -2.63. The van der Waals surface area contributed by atoms with Crippen LogP contribution in [0.5, 0.6) is 0 Å². The lowest BCUT2D eigenvalue weighted by Crippen LogP contribution is -2.05. The predicted octanol–water partition coefficient (Wildman–Crippen LogP) is 3.80. The molecule has 1 heterocycles. The molecule has 7 heteroatoms. The van der Waals surface area contributed by atoms with E-state index in [4.69, 9.17) is 5.11 Å². The highest BCUT2D eigenvalue weighted by molar-refractivity contribution is 5.92. The van der Waals surface area contributed by atoms with Gasteiger partial charge in [0.25, 0.3) is 0 Å². The van der Waals surface area contributed by atoms with E-state index in [9.17, 15) is 18.0 Å². The first-order valence-electron chi connectivity index (χ1n) is 6.69. The molecule has 2 aromatic carbocycles. The van der Waals surface area contributed by atoms with Gasteiger partial charge in [0.2, 0.25) is 0 Å². The zero-order chi connectivity index (χ0) is 16.6. The standard InChI is InChI=1S/C16H11F3N2O2/c17-16(18,19)13-5-1-10(2-6-13)8-21-9-12-4-3-11(15(22)23)7-14(12)20-21/h1-7,9H,8H2,(H,22,23). The van der Waals surface area contributed by atoms with Crippen LogP contribution in [0.25, 0.3) is 10.9 Å². The van der Waals surface area contributed by atoms with E-state index in [0.717, 1.165) is 17.5 Å². The Hall–Kier alpha value is -2.83. The lowest BCUT2D eigenvalue weighted by atomic mass is 10.1. The number of rotatable bonds is 3. The lowest BCUT2D eigenvalue weighted by Gasteiger charge is -2.07. The van der Waals surface area contributed by atoms with E-state index in [-0.39, 0.29) is 5.56 Å². The second-order valence-corrected chi connectivity index (χ2v) is 5.10. The van der Waals surface area contributed by atoms with Crippen LogP contribution in [-0.4, -0.2) is 20.9 Å². The topological polar surface area (TPSA) is 55.1 Å². The van der Waals surface area contributed by atoms with Crippen LogP contribution in [0.15, 0.2) is 48.7 Å². The van der Waals surface area contributed by atoms with Gasteiger partial charge in [-0.3, -0.25) is 4.68 Å². The van der Waals surface area contributed by atoms with Crippen molar-refractivity contribution in [2.75, 3.05) is 0 Å². The fourth-order valence-corrected chi connectivity index (χ4v) is 2.27. The average Bonchev–Trinajstić information content (AvgIpc) is 2.87. The van der Waals surface area contributed by atoms with E-state index in [2.05, 4.69) is 5.10 Å². The first-order chi connectivity index (χ1) is 10.8. The van der Waals surface area contributed by atoms with E-state index < -0.39 is 17.7 Å². The van der Waals surface area contributed by atoms with Gasteiger partial charge < -0.3 is 5.11 Å². The number of carbonyl (C=O) groups is 1. The molecule has 3 rings (SSSR count). The minimum Gasteiger partial charge on any atom is -0.478 e. The van der Waals surface area contributed by atoms with E-state index in [0.29, 0.717) is 17.6 Å². The predicted molar refractivity (Wildman–Crippen MR) is 77.2 cm³/mol. The number of hydrogen-bond acceptors (Lipinski definition) is 2. The number of aromatic carboxylic acids is 1. The number of hydrogen-bond donors (Lipinski definition) is 1. The molecule has 118 valence electrons. The van der Waals surface area contributed by atoms with E-state index in [1.165, 1.54) is 24.3 Å². The second-order valence-electron chi connectivity index (χ2n) is 5.10. The normalized spacial score (nSPS) is 11.8. The molecule has 0 saturated heterocycles. The molecular formula is C16H11F3N2O2. The Bertz CT molecular complexity index is 867. The van der Waals surface area contributed by atoms with Crippen LogP contribution < -0.4 is 0 Å². The fraction of sp³-hybridized carbons (Fsp3) is 0.125. The van der Waals surface area contributed by atoms with Crippen LogP contribution in [0.3, 0.4) is 0 Å². The highest BCUT2D eigenvalue weighted by Crippen LogP contribution is 2.29. The van der Waals surface area contributed by atoms with E-state index in [1.54, 1.807) is 16.9 Å². The maximum Gasteiger partial charge on any atom is 0.416 e. The fourth-order valence-electron chi connectivity index (χ4n) is 2.27. The van der Waals surface area contributed by atoms with Crippen molar-refractivity contribution < 1.29 is 23.1 Å². The van der Waals surface area contributed by atoms with Crippen molar-refractivity contribution in [2.24, 2.45) is 0 Å². The van der Waals surface area contributed by atoms with E-state index >= 15 is 0 Å². The Balaban J connectivity index is 1.85. The summed E-state index contributed by atoms with van der Waals surface area (Å²) >= 11 is 0. The Morgan fingerprint density at radius 2 is 1.83 bits per heavy atom. The van der Waals surface area contributed by atoms with Crippen molar-refractivity contribution in [1.29, 1.82) is 0 Å². The summed E-state index contributed by atoms with van der Waals surface area (Å²) in [6, 6.07) is 9.45. The molecule has 0 bridgehead atoms. The maximum absolute atomic E-state index is 12.5. The minimum atomic E-state index is -4.36. The van der Waals surface area contributed by atoms with Gasteiger partial charge in [0, 0.05) is 11.6 Å². The van der Waals surface area contributed by atoms with Crippen LogP contribution in [0.2, 0.25) is 0 Å². The van der Waals surface area contributed by atoms with Crippen molar-refractivity contribution in [1.82, 2.24) is 9.78 Å². The summed E-state index contributed by atoms with van der Waals surface area (Å²) in [6.45, 7) is 0.301. The van der Waals surface area contributed by atoms with Gasteiger partial charge in [-0.25, -0.2) is 4.79 Å². The molecule has 0 saturated carbocycles.